The molecule has 0 spiro atoms. The van der Waals surface area contributed by atoms with Gasteiger partial charge in [0.15, 0.2) is 6.61 Å². The van der Waals surface area contributed by atoms with Gasteiger partial charge in [-0.1, -0.05) is 6.92 Å². The third-order valence-electron chi connectivity index (χ3n) is 4.14. The second-order valence-corrected chi connectivity index (χ2v) is 5.94. The molecule has 24 heavy (non-hydrogen) atoms. The number of hydrazone groups is 1. The van der Waals surface area contributed by atoms with E-state index in [1.807, 2.05) is 31.2 Å². The van der Waals surface area contributed by atoms with E-state index in [0.29, 0.717) is 38.5 Å². The summed E-state index contributed by atoms with van der Waals surface area (Å²) in [4.78, 5) is 25.1. The molecular formula is C17H21N3O4. The molecule has 0 saturated carbocycles. The van der Waals surface area contributed by atoms with E-state index in [0.717, 1.165) is 11.3 Å². The van der Waals surface area contributed by atoms with Crippen LogP contribution in [0.2, 0.25) is 0 Å². The van der Waals surface area contributed by atoms with Crippen LogP contribution in [0.4, 0.5) is 0 Å². The monoisotopic (exact) mass is 331 g/mol. The first-order chi connectivity index (χ1) is 11.6. The summed E-state index contributed by atoms with van der Waals surface area (Å²) in [5, 5.41) is 4.13. The minimum Gasteiger partial charge on any atom is -0.484 e. The lowest BCUT2D eigenvalue weighted by molar-refractivity contribution is -0.137. The maximum absolute atomic E-state index is 12.0. The number of hydrogen-bond acceptors (Lipinski definition) is 5. The zero-order valence-electron chi connectivity index (χ0n) is 13.7. The molecule has 2 aliphatic rings. The number of carbonyl (C=O) groups excluding carboxylic acids is 2. The largest absolute Gasteiger partial charge is 0.484 e. The van der Waals surface area contributed by atoms with E-state index >= 15 is 0 Å². The van der Waals surface area contributed by atoms with Gasteiger partial charge in [-0.3, -0.25) is 9.59 Å². The van der Waals surface area contributed by atoms with E-state index < -0.39 is 0 Å². The Hall–Kier alpha value is -2.41. The van der Waals surface area contributed by atoms with Gasteiger partial charge in [0.25, 0.3) is 5.91 Å². The van der Waals surface area contributed by atoms with Crippen molar-refractivity contribution in [3.63, 3.8) is 0 Å². The average Bonchev–Trinajstić information content (AvgIpc) is 2.61. The van der Waals surface area contributed by atoms with Crippen molar-refractivity contribution in [2.75, 3.05) is 32.9 Å². The minimum atomic E-state index is -0.0622. The number of hydrogen-bond donors (Lipinski definition) is 1. The Morgan fingerprint density at radius 3 is 2.71 bits per heavy atom. The van der Waals surface area contributed by atoms with Crippen LogP contribution in [0.5, 0.6) is 5.75 Å². The SMILES string of the molecule is CC1CC(=O)NN=C1c1ccc(OCC(=O)N2CCOCC2)cc1. The molecule has 1 unspecified atom stereocenters. The van der Waals surface area contributed by atoms with Crippen molar-refractivity contribution in [3.8, 4) is 5.75 Å². The van der Waals surface area contributed by atoms with Gasteiger partial charge >= 0.3 is 0 Å². The van der Waals surface area contributed by atoms with Gasteiger partial charge in [0.05, 0.1) is 18.9 Å². The van der Waals surface area contributed by atoms with E-state index in [2.05, 4.69) is 10.5 Å². The van der Waals surface area contributed by atoms with Crippen LogP contribution in [-0.4, -0.2) is 55.3 Å². The molecule has 1 aromatic carbocycles. The molecule has 1 fully saturated rings. The van der Waals surface area contributed by atoms with Crippen molar-refractivity contribution in [2.24, 2.45) is 11.0 Å². The lowest BCUT2D eigenvalue weighted by Crippen LogP contribution is -2.42. The highest BCUT2D eigenvalue weighted by Crippen LogP contribution is 2.19. The second-order valence-electron chi connectivity index (χ2n) is 5.94. The number of nitrogens with one attached hydrogen (secondary N) is 1. The molecule has 128 valence electrons. The summed E-state index contributed by atoms with van der Waals surface area (Å²) in [7, 11) is 0. The van der Waals surface area contributed by atoms with E-state index in [9.17, 15) is 9.59 Å². The zero-order valence-corrected chi connectivity index (χ0v) is 13.7. The summed E-state index contributed by atoms with van der Waals surface area (Å²) in [6.07, 6.45) is 0.436. The Balaban J connectivity index is 1.56. The first-order valence-electron chi connectivity index (χ1n) is 8.08. The van der Waals surface area contributed by atoms with Crippen LogP contribution in [0.25, 0.3) is 0 Å². The number of ether oxygens (including phenoxy) is 2. The quantitative estimate of drug-likeness (QED) is 0.884. The van der Waals surface area contributed by atoms with Crippen LogP contribution < -0.4 is 10.2 Å². The Morgan fingerprint density at radius 2 is 2.04 bits per heavy atom. The fraction of sp³-hybridized carbons (Fsp3) is 0.471. The van der Waals surface area contributed by atoms with Crippen LogP contribution in [0.3, 0.4) is 0 Å². The van der Waals surface area contributed by atoms with Crippen molar-refractivity contribution in [1.82, 2.24) is 10.3 Å². The van der Waals surface area contributed by atoms with Gasteiger partial charge in [-0.2, -0.15) is 5.10 Å². The van der Waals surface area contributed by atoms with E-state index in [1.165, 1.54) is 0 Å². The minimum absolute atomic E-state index is 0.0206. The number of benzene rings is 1. The van der Waals surface area contributed by atoms with Crippen LogP contribution >= 0.6 is 0 Å². The number of amides is 2. The van der Waals surface area contributed by atoms with Crippen molar-refractivity contribution in [1.29, 1.82) is 0 Å². The summed E-state index contributed by atoms with van der Waals surface area (Å²) in [6, 6.07) is 7.41. The predicted molar refractivity (Wildman–Crippen MR) is 87.8 cm³/mol. The molecule has 1 atom stereocenters. The Labute approximate surface area is 140 Å². The summed E-state index contributed by atoms with van der Waals surface area (Å²) in [6.45, 7) is 4.39. The summed E-state index contributed by atoms with van der Waals surface area (Å²) >= 11 is 0. The van der Waals surface area contributed by atoms with Crippen molar-refractivity contribution >= 4 is 17.5 Å². The normalized spacial score (nSPS) is 21.0. The average molecular weight is 331 g/mol. The first kappa shape index (κ1) is 16.4. The molecule has 2 amide bonds. The molecule has 2 aliphatic heterocycles. The lowest BCUT2D eigenvalue weighted by atomic mass is 9.94. The van der Waals surface area contributed by atoms with Crippen LogP contribution in [0, 0.1) is 5.92 Å². The highest BCUT2D eigenvalue weighted by Gasteiger charge is 2.21. The Bertz CT molecular complexity index is 636. The molecule has 1 N–H and O–H groups in total. The van der Waals surface area contributed by atoms with Gasteiger partial charge in [-0.25, -0.2) is 5.43 Å². The number of morpholine rings is 1. The molecule has 0 bridgehead atoms. The van der Waals surface area contributed by atoms with Crippen LogP contribution in [-0.2, 0) is 14.3 Å². The zero-order chi connectivity index (χ0) is 16.9. The second kappa shape index (κ2) is 7.44. The molecular weight excluding hydrogens is 310 g/mol. The Kier molecular flexibility index (Phi) is 5.10. The van der Waals surface area contributed by atoms with E-state index in [4.69, 9.17) is 9.47 Å². The molecule has 0 aromatic heterocycles. The van der Waals surface area contributed by atoms with Gasteiger partial charge in [0.1, 0.15) is 5.75 Å². The van der Waals surface area contributed by atoms with Crippen molar-refractivity contribution in [3.05, 3.63) is 29.8 Å². The smallest absolute Gasteiger partial charge is 0.260 e. The fourth-order valence-corrected chi connectivity index (χ4v) is 2.77. The number of rotatable bonds is 4. The summed E-state index contributed by atoms with van der Waals surface area (Å²) < 4.78 is 10.8. The molecule has 0 aliphatic carbocycles. The van der Waals surface area contributed by atoms with E-state index in [1.54, 1.807) is 4.90 Å². The maximum atomic E-state index is 12.0. The molecule has 3 rings (SSSR count). The highest BCUT2D eigenvalue weighted by atomic mass is 16.5. The fourth-order valence-electron chi connectivity index (χ4n) is 2.77. The molecule has 0 radical (unpaired) electrons. The van der Waals surface area contributed by atoms with Gasteiger partial charge in [-0.05, 0) is 29.8 Å². The molecule has 2 heterocycles. The predicted octanol–water partition coefficient (Wildman–Crippen LogP) is 0.784. The van der Waals surface area contributed by atoms with Crippen molar-refractivity contribution in [2.45, 2.75) is 13.3 Å². The summed E-state index contributed by atoms with van der Waals surface area (Å²) in [5.74, 6) is 0.616. The third kappa shape index (κ3) is 3.91. The topological polar surface area (TPSA) is 80.2 Å². The van der Waals surface area contributed by atoms with Crippen LogP contribution in [0.1, 0.15) is 18.9 Å². The lowest BCUT2D eigenvalue weighted by Gasteiger charge is -2.26. The molecule has 7 nitrogen and oxygen atoms in total. The van der Waals surface area contributed by atoms with Gasteiger partial charge in [0.2, 0.25) is 5.91 Å². The van der Waals surface area contributed by atoms with Gasteiger partial charge in [0, 0.05) is 25.4 Å². The molecule has 7 heteroatoms. The standard InChI is InChI=1S/C17H21N3O4/c1-12-10-15(21)18-19-17(12)13-2-4-14(5-3-13)24-11-16(22)20-6-8-23-9-7-20/h2-5,12H,6-11H2,1H3,(H,18,21). The van der Waals surface area contributed by atoms with Gasteiger partial charge < -0.3 is 14.4 Å². The molecule has 1 saturated heterocycles. The number of carbonyl (C=O) groups is 2. The first-order valence-corrected chi connectivity index (χ1v) is 8.08. The third-order valence-corrected chi connectivity index (χ3v) is 4.14. The number of nitrogens with zero attached hydrogens (tertiary/aromatic N) is 2. The Morgan fingerprint density at radius 1 is 1.33 bits per heavy atom. The summed E-state index contributed by atoms with van der Waals surface area (Å²) in [5.41, 5.74) is 4.30. The maximum Gasteiger partial charge on any atom is 0.260 e. The highest BCUT2D eigenvalue weighted by molar-refractivity contribution is 6.05. The van der Waals surface area contributed by atoms with Gasteiger partial charge in [-0.15, -0.1) is 0 Å². The van der Waals surface area contributed by atoms with Crippen LogP contribution in [0.15, 0.2) is 29.4 Å². The van der Waals surface area contributed by atoms with E-state index in [-0.39, 0.29) is 24.3 Å². The molecule has 1 aromatic rings. The van der Waals surface area contributed by atoms with Crippen molar-refractivity contribution < 1.29 is 19.1 Å².